The van der Waals surface area contributed by atoms with Crippen LogP contribution in [0.3, 0.4) is 0 Å². The molecule has 1 aromatic heterocycles. The fraction of sp³-hybridized carbons (Fsp3) is 0.389. The highest BCUT2D eigenvalue weighted by Crippen LogP contribution is 2.15. The maximum Gasteiger partial charge on any atom is 0.257 e. The highest BCUT2D eigenvalue weighted by atomic mass is 16.2. The Bertz CT molecular complexity index is 680. The third-order valence-corrected chi connectivity index (χ3v) is 3.79. The van der Waals surface area contributed by atoms with Crippen LogP contribution in [0.4, 0.5) is 5.95 Å². The van der Waals surface area contributed by atoms with E-state index >= 15 is 0 Å². The first-order chi connectivity index (χ1) is 10.9. The number of carbonyl (C=O) groups excluding carboxylic acids is 1. The summed E-state index contributed by atoms with van der Waals surface area (Å²) in [5.41, 5.74) is 4.10. The van der Waals surface area contributed by atoms with Crippen molar-refractivity contribution in [2.24, 2.45) is 0 Å². The van der Waals surface area contributed by atoms with Crippen molar-refractivity contribution in [2.75, 3.05) is 12.4 Å². The Morgan fingerprint density at radius 3 is 2.48 bits per heavy atom. The van der Waals surface area contributed by atoms with Gasteiger partial charge in [-0.3, -0.25) is 4.79 Å². The maximum absolute atomic E-state index is 12.5. The lowest BCUT2D eigenvalue weighted by molar-refractivity contribution is 0.0784. The monoisotopic (exact) mass is 312 g/mol. The van der Waals surface area contributed by atoms with Crippen LogP contribution < -0.4 is 5.32 Å². The van der Waals surface area contributed by atoms with Crippen LogP contribution in [0.15, 0.2) is 30.6 Å². The van der Waals surface area contributed by atoms with Gasteiger partial charge >= 0.3 is 0 Å². The molecule has 23 heavy (non-hydrogen) atoms. The SMILES string of the molecule is Cc1cccc(CN(C)C(=O)c2cnc(NC(C)C)nc2)c1C. The molecule has 1 heterocycles. The first-order valence-corrected chi connectivity index (χ1v) is 7.77. The molecule has 5 nitrogen and oxygen atoms in total. The standard InChI is InChI=1S/C18H24N4O/c1-12(2)21-18-19-9-16(10-20-18)17(23)22(5)11-15-8-6-7-13(3)14(15)4/h6-10,12H,11H2,1-5H3,(H,19,20,21). The molecule has 0 spiro atoms. The molecule has 0 aliphatic heterocycles. The number of hydrogen-bond donors (Lipinski definition) is 1. The maximum atomic E-state index is 12.5. The van der Waals surface area contributed by atoms with E-state index in [4.69, 9.17) is 0 Å². The van der Waals surface area contributed by atoms with Crippen molar-refractivity contribution < 1.29 is 4.79 Å². The Morgan fingerprint density at radius 1 is 1.22 bits per heavy atom. The fourth-order valence-corrected chi connectivity index (χ4v) is 2.30. The summed E-state index contributed by atoms with van der Waals surface area (Å²) in [6.07, 6.45) is 3.14. The van der Waals surface area contributed by atoms with Gasteiger partial charge in [0.2, 0.25) is 5.95 Å². The lowest BCUT2D eigenvalue weighted by Crippen LogP contribution is -2.27. The Hall–Kier alpha value is -2.43. The minimum absolute atomic E-state index is 0.0815. The molecule has 0 aliphatic rings. The van der Waals surface area contributed by atoms with Crippen LogP contribution >= 0.6 is 0 Å². The van der Waals surface area contributed by atoms with Crippen LogP contribution in [0, 0.1) is 13.8 Å². The Kier molecular flexibility index (Phi) is 5.32. The van der Waals surface area contributed by atoms with E-state index in [2.05, 4.69) is 41.3 Å². The van der Waals surface area contributed by atoms with Crippen molar-refractivity contribution in [3.8, 4) is 0 Å². The minimum Gasteiger partial charge on any atom is -0.352 e. The molecule has 0 unspecified atom stereocenters. The number of amides is 1. The smallest absolute Gasteiger partial charge is 0.257 e. The average Bonchev–Trinajstić information content (AvgIpc) is 2.51. The van der Waals surface area contributed by atoms with Gasteiger partial charge in [-0.15, -0.1) is 0 Å². The molecule has 0 radical (unpaired) electrons. The van der Waals surface area contributed by atoms with Crippen molar-refractivity contribution in [2.45, 2.75) is 40.3 Å². The normalized spacial score (nSPS) is 10.7. The molecule has 1 amide bonds. The molecular weight excluding hydrogens is 288 g/mol. The number of benzene rings is 1. The lowest BCUT2D eigenvalue weighted by atomic mass is 10.0. The van der Waals surface area contributed by atoms with Gasteiger partial charge < -0.3 is 10.2 Å². The zero-order chi connectivity index (χ0) is 17.0. The van der Waals surface area contributed by atoms with E-state index in [0.29, 0.717) is 18.1 Å². The molecule has 1 N–H and O–H groups in total. The van der Waals surface area contributed by atoms with Crippen LogP contribution in [0.1, 0.15) is 40.9 Å². The van der Waals surface area contributed by atoms with Gasteiger partial charge in [0.05, 0.1) is 5.56 Å². The molecule has 2 rings (SSSR count). The van der Waals surface area contributed by atoms with Gasteiger partial charge in [-0.05, 0) is 44.4 Å². The number of nitrogens with zero attached hydrogens (tertiary/aromatic N) is 3. The van der Waals surface area contributed by atoms with Gasteiger partial charge in [-0.25, -0.2) is 9.97 Å². The Balaban J connectivity index is 2.08. The zero-order valence-corrected chi connectivity index (χ0v) is 14.4. The van der Waals surface area contributed by atoms with E-state index in [1.807, 2.05) is 19.9 Å². The van der Waals surface area contributed by atoms with Crippen LogP contribution in [-0.4, -0.2) is 33.9 Å². The Labute approximate surface area is 137 Å². The van der Waals surface area contributed by atoms with Crippen molar-refractivity contribution in [1.29, 1.82) is 0 Å². The van der Waals surface area contributed by atoms with E-state index in [0.717, 1.165) is 5.56 Å². The third kappa shape index (κ3) is 4.28. The molecule has 0 saturated heterocycles. The van der Waals surface area contributed by atoms with E-state index in [9.17, 15) is 4.79 Å². The number of nitrogens with one attached hydrogen (secondary N) is 1. The molecule has 0 atom stereocenters. The van der Waals surface area contributed by atoms with Crippen molar-refractivity contribution in [1.82, 2.24) is 14.9 Å². The predicted octanol–water partition coefficient (Wildman–Crippen LogP) is 3.19. The summed E-state index contributed by atoms with van der Waals surface area (Å²) in [6, 6.07) is 6.40. The molecule has 5 heteroatoms. The minimum atomic E-state index is -0.0815. The molecule has 0 aliphatic carbocycles. The van der Waals surface area contributed by atoms with Gasteiger partial charge in [0.1, 0.15) is 0 Å². The summed E-state index contributed by atoms with van der Waals surface area (Å²) in [6.45, 7) is 8.76. The summed E-state index contributed by atoms with van der Waals surface area (Å²) < 4.78 is 0. The zero-order valence-electron chi connectivity index (χ0n) is 14.4. The van der Waals surface area contributed by atoms with Gasteiger partial charge in [-0.2, -0.15) is 0 Å². The summed E-state index contributed by atoms with van der Waals surface area (Å²) in [7, 11) is 1.80. The van der Waals surface area contributed by atoms with Crippen LogP contribution in [0.2, 0.25) is 0 Å². The summed E-state index contributed by atoms with van der Waals surface area (Å²) in [5.74, 6) is 0.454. The molecule has 0 saturated carbocycles. The molecule has 0 bridgehead atoms. The number of aromatic nitrogens is 2. The van der Waals surface area contributed by atoms with Gasteiger partial charge in [0.15, 0.2) is 0 Å². The fourth-order valence-electron chi connectivity index (χ4n) is 2.30. The number of anilines is 1. The second-order valence-electron chi connectivity index (χ2n) is 6.11. The molecule has 122 valence electrons. The summed E-state index contributed by atoms with van der Waals surface area (Å²) >= 11 is 0. The van der Waals surface area contributed by atoms with Gasteiger partial charge in [0.25, 0.3) is 5.91 Å². The second-order valence-corrected chi connectivity index (χ2v) is 6.11. The second kappa shape index (κ2) is 7.22. The highest BCUT2D eigenvalue weighted by molar-refractivity contribution is 5.93. The molecule has 0 fully saturated rings. The first kappa shape index (κ1) is 16.9. The van der Waals surface area contributed by atoms with Gasteiger partial charge in [-0.1, -0.05) is 18.2 Å². The van der Waals surface area contributed by atoms with Crippen molar-refractivity contribution in [3.05, 3.63) is 52.8 Å². The number of rotatable bonds is 5. The van der Waals surface area contributed by atoms with E-state index < -0.39 is 0 Å². The van der Waals surface area contributed by atoms with E-state index in [1.54, 1.807) is 24.3 Å². The molecule has 1 aromatic carbocycles. The molecular formula is C18H24N4O. The highest BCUT2D eigenvalue weighted by Gasteiger charge is 2.14. The lowest BCUT2D eigenvalue weighted by Gasteiger charge is -2.19. The molecule has 2 aromatic rings. The average molecular weight is 312 g/mol. The number of carbonyl (C=O) groups is 1. The largest absolute Gasteiger partial charge is 0.352 e. The number of hydrogen-bond acceptors (Lipinski definition) is 4. The third-order valence-electron chi connectivity index (χ3n) is 3.79. The quantitative estimate of drug-likeness (QED) is 0.921. The summed E-state index contributed by atoms with van der Waals surface area (Å²) in [4.78, 5) is 22.6. The topological polar surface area (TPSA) is 58.1 Å². The van der Waals surface area contributed by atoms with Crippen molar-refractivity contribution in [3.63, 3.8) is 0 Å². The summed E-state index contributed by atoms with van der Waals surface area (Å²) in [5, 5.41) is 3.11. The van der Waals surface area contributed by atoms with Crippen LogP contribution in [0.5, 0.6) is 0 Å². The first-order valence-electron chi connectivity index (χ1n) is 7.77. The van der Waals surface area contributed by atoms with E-state index in [1.165, 1.54) is 11.1 Å². The van der Waals surface area contributed by atoms with Crippen LogP contribution in [-0.2, 0) is 6.54 Å². The van der Waals surface area contributed by atoms with Crippen molar-refractivity contribution >= 4 is 11.9 Å². The van der Waals surface area contributed by atoms with Crippen LogP contribution in [0.25, 0.3) is 0 Å². The predicted molar refractivity (Wildman–Crippen MR) is 92.5 cm³/mol. The number of aryl methyl sites for hydroxylation is 1. The van der Waals surface area contributed by atoms with Gasteiger partial charge in [0, 0.05) is 32.0 Å². The Morgan fingerprint density at radius 2 is 1.87 bits per heavy atom. The van der Waals surface area contributed by atoms with E-state index in [-0.39, 0.29) is 11.9 Å².